The van der Waals surface area contributed by atoms with E-state index in [1.165, 1.54) is 13.2 Å². The molecular formula is C18H15ClN2O3. The zero-order chi connectivity index (χ0) is 17.5. The number of anilines is 1. The van der Waals surface area contributed by atoms with Gasteiger partial charge in [-0.25, -0.2) is 0 Å². The number of hydrogen-bond acceptors (Lipinski definition) is 4. The molecule has 2 aromatic carbocycles. The van der Waals surface area contributed by atoms with Crippen LogP contribution in [0.4, 0.5) is 5.69 Å². The van der Waals surface area contributed by atoms with Gasteiger partial charge in [0.25, 0.3) is 5.91 Å². The SMILES string of the molecule is COc1ccc(NC(=O)/C(C#N)=C/c2ccc(OC)c(Cl)c2)cc1. The van der Waals surface area contributed by atoms with Crippen molar-refractivity contribution in [1.29, 1.82) is 5.26 Å². The molecule has 0 aromatic heterocycles. The predicted octanol–water partition coefficient (Wildman–Crippen LogP) is 3.90. The van der Waals surface area contributed by atoms with Crippen molar-refractivity contribution in [3.05, 3.63) is 58.6 Å². The van der Waals surface area contributed by atoms with E-state index in [-0.39, 0.29) is 5.57 Å². The lowest BCUT2D eigenvalue weighted by Crippen LogP contribution is -2.13. The Balaban J connectivity index is 2.18. The number of carbonyl (C=O) groups is 1. The molecule has 0 aliphatic carbocycles. The second kappa shape index (κ2) is 8.04. The second-order valence-corrected chi connectivity index (χ2v) is 5.15. The number of nitriles is 1. The lowest BCUT2D eigenvalue weighted by molar-refractivity contribution is -0.112. The van der Waals surface area contributed by atoms with Crippen molar-refractivity contribution in [2.75, 3.05) is 19.5 Å². The summed E-state index contributed by atoms with van der Waals surface area (Å²) in [6.07, 6.45) is 1.46. The minimum atomic E-state index is -0.505. The van der Waals surface area contributed by atoms with Crippen molar-refractivity contribution < 1.29 is 14.3 Å². The maximum Gasteiger partial charge on any atom is 0.266 e. The van der Waals surface area contributed by atoms with Crippen LogP contribution >= 0.6 is 11.6 Å². The van der Waals surface area contributed by atoms with E-state index in [0.29, 0.717) is 27.8 Å². The van der Waals surface area contributed by atoms with E-state index in [0.717, 1.165) is 0 Å². The summed E-state index contributed by atoms with van der Waals surface area (Å²) >= 11 is 6.04. The Labute approximate surface area is 145 Å². The number of amides is 1. The summed E-state index contributed by atoms with van der Waals surface area (Å²) in [7, 11) is 3.07. The fourth-order valence-electron chi connectivity index (χ4n) is 1.96. The number of nitrogens with one attached hydrogen (secondary N) is 1. The molecule has 1 amide bonds. The van der Waals surface area contributed by atoms with E-state index in [2.05, 4.69) is 5.32 Å². The summed E-state index contributed by atoms with van der Waals surface area (Å²) in [6.45, 7) is 0. The van der Waals surface area contributed by atoms with Crippen molar-refractivity contribution in [3.63, 3.8) is 0 Å². The third-order valence-electron chi connectivity index (χ3n) is 3.20. The van der Waals surface area contributed by atoms with Crippen LogP contribution in [0, 0.1) is 11.3 Å². The van der Waals surface area contributed by atoms with Crippen LogP contribution in [0.25, 0.3) is 6.08 Å². The van der Waals surface area contributed by atoms with Crippen LogP contribution in [0.5, 0.6) is 11.5 Å². The smallest absolute Gasteiger partial charge is 0.266 e. The largest absolute Gasteiger partial charge is 0.497 e. The number of halogens is 1. The molecule has 2 rings (SSSR count). The molecule has 0 spiro atoms. The highest BCUT2D eigenvalue weighted by Crippen LogP contribution is 2.26. The van der Waals surface area contributed by atoms with Gasteiger partial charge in [-0.15, -0.1) is 0 Å². The summed E-state index contributed by atoms with van der Waals surface area (Å²) in [5.74, 6) is 0.696. The van der Waals surface area contributed by atoms with E-state index in [4.69, 9.17) is 21.1 Å². The van der Waals surface area contributed by atoms with E-state index in [1.807, 2.05) is 6.07 Å². The zero-order valence-corrected chi connectivity index (χ0v) is 13.9. The molecule has 2 aromatic rings. The highest BCUT2D eigenvalue weighted by molar-refractivity contribution is 6.32. The molecule has 0 fully saturated rings. The summed E-state index contributed by atoms with van der Waals surface area (Å²) < 4.78 is 10.1. The van der Waals surface area contributed by atoms with Crippen LogP contribution in [0.15, 0.2) is 48.0 Å². The first-order valence-corrected chi connectivity index (χ1v) is 7.36. The zero-order valence-electron chi connectivity index (χ0n) is 13.2. The molecule has 0 heterocycles. The number of benzene rings is 2. The van der Waals surface area contributed by atoms with Gasteiger partial charge in [-0.05, 0) is 48.0 Å². The molecule has 122 valence electrons. The van der Waals surface area contributed by atoms with Crippen molar-refractivity contribution in [3.8, 4) is 17.6 Å². The van der Waals surface area contributed by atoms with E-state index < -0.39 is 5.91 Å². The number of hydrogen-bond donors (Lipinski definition) is 1. The molecule has 0 aliphatic rings. The van der Waals surface area contributed by atoms with Gasteiger partial charge >= 0.3 is 0 Å². The van der Waals surface area contributed by atoms with Gasteiger partial charge in [-0.1, -0.05) is 17.7 Å². The summed E-state index contributed by atoms with van der Waals surface area (Å²) in [5.41, 5.74) is 1.16. The first-order chi connectivity index (χ1) is 11.6. The van der Waals surface area contributed by atoms with E-state index in [1.54, 1.807) is 49.6 Å². The fraction of sp³-hybridized carbons (Fsp3) is 0.111. The van der Waals surface area contributed by atoms with Gasteiger partial charge in [0, 0.05) is 5.69 Å². The Hall–Kier alpha value is -2.97. The Morgan fingerprint density at radius 2 is 1.88 bits per heavy atom. The normalized spacial score (nSPS) is 10.7. The number of carbonyl (C=O) groups excluding carboxylic acids is 1. The molecule has 5 nitrogen and oxygen atoms in total. The highest BCUT2D eigenvalue weighted by Gasteiger charge is 2.10. The Kier molecular flexibility index (Phi) is 5.83. The molecular weight excluding hydrogens is 328 g/mol. The van der Waals surface area contributed by atoms with Crippen molar-refractivity contribution in [1.82, 2.24) is 0 Å². The van der Waals surface area contributed by atoms with Crippen LogP contribution in [0.1, 0.15) is 5.56 Å². The maximum absolute atomic E-state index is 12.2. The molecule has 0 saturated heterocycles. The fourth-order valence-corrected chi connectivity index (χ4v) is 2.23. The number of methoxy groups -OCH3 is 2. The van der Waals surface area contributed by atoms with Gasteiger partial charge in [-0.2, -0.15) is 5.26 Å². The van der Waals surface area contributed by atoms with Crippen molar-refractivity contribution in [2.24, 2.45) is 0 Å². The van der Waals surface area contributed by atoms with Gasteiger partial charge in [-0.3, -0.25) is 4.79 Å². The second-order valence-electron chi connectivity index (χ2n) is 4.75. The van der Waals surface area contributed by atoms with Crippen LogP contribution in [-0.4, -0.2) is 20.1 Å². The molecule has 1 N–H and O–H groups in total. The predicted molar refractivity (Wildman–Crippen MR) is 93.2 cm³/mol. The van der Waals surface area contributed by atoms with Gasteiger partial charge in [0.2, 0.25) is 0 Å². The third-order valence-corrected chi connectivity index (χ3v) is 3.50. The number of rotatable bonds is 5. The average molecular weight is 343 g/mol. The van der Waals surface area contributed by atoms with Gasteiger partial charge in [0.1, 0.15) is 23.1 Å². The molecule has 0 radical (unpaired) electrons. The standard InChI is InChI=1S/C18H15ClN2O3/c1-23-15-6-4-14(5-7-15)21-18(22)13(11-20)9-12-3-8-17(24-2)16(19)10-12/h3-10H,1-2H3,(H,21,22)/b13-9+. The Morgan fingerprint density at radius 3 is 2.42 bits per heavy atom. The number of ether oxygens (including phenoxy) is 2. The molecule has 24 heavy (non-hydrogen) atoms. The molecule has 0 bridgehead atoms. The molecule has 0 saturated carbocycles. The highest BCUT2D eigenvalue weighted by atomic mass is 35.5. The maximum atomic E-state index is 12.2. The summed E-state index contributed by atoms with van der Waals surface area (Å²) in [5, 5.41) is 12.3. The summed E-state index contributed by atoms with van der Waals surface area (Å²) in [6, 6.07) is 13.7. The minimum absolute atomic E-state index is 0.0351. The van der Waals surface area contributed by atoms with Crippen molar-refractivity contribution >= 4 is 29.3 Å². The Morgan fingerprint density at radius 1 is 1.17 bits per heavy atom. The summed E-state index contributed by atoms with van der Waals surface area (Å²) in [4.78, 5) is 12.2. The monoisotopic (exact) mass is 342 g/mol. The van der Waals surface area contributed by atoms with Gasteiger partial charge in [0.05, 0.1) is 19.2 Å². The lowest BCUT2D eigenvalue weighted by atomic mass is 10.1. The third kappa shape index (κ3) is 4.28. The van der Waals surface area contributed by atoms with Crippen LogP contribution < -0.4 is 14.8 Å². The van der Waals surface area contributed by atoms with E-state index in [9.17, 15) is 10.1 Å². The Bertz CT molecular complexity index is 808. The molecule has 6 heteroatoms. The van der Waals surface area contributed by atoms with E-state index >= 15 is 0 Å². The van der Waals surface area contributed by atoms with Crippen LogP contribution in [0.3, 0.4) is 0 Å². The lowest BCUT2D eigenvalue weighted by Gasteiger charge is -2.06. The first-order valence-electron chi connectivity index (χ1n) is 6.98. The topological polar surface area (TPSA) is 71.3 Å². The van der Waals surface area contributed by atoms with Gasteiger partial charge < -0.3 is 14.8 Å². The quantitative estimate of drug-likeness (QED) is 0.660. The van der Waals surface area contributed by atoms with Crippen LogP contribution in [-0.2, 0) is 4.79 Å². The van der Waals surface area contributed by atoms with Crippen molar-refractivity contribution in [2.45, 2.75) is 0 Å². The van der Waals surface area contributed by atoms with Crippen LogP contribution in [0.2, 0.25) is 5.02 Å². The minimum Gasteiger partial charge on any atom is -0.497 e. The average Bonchev–Trinajstić information content (AvgIpc) is 2.60. The number of nitrogens with zero attached hydrogens (tertiary/aromatic N) is 1. The molecule has 0 atom stereocenters. The first kappa shape index (κ1) is 17.4. The molecule has 0 unspecified atom stereocenters. The molecule has 0 aliphatic heterocycles. The van der Waals surface area contributed by atoms with Gasteiger partial charge in [0.15, 0.2) is 0 Å².